The molecule has 40 heavy (non-hydrogen) atoms. The van der Waals surface area contributed by atoms with Crippen LogP contribution in [-0.4, -0.2) is 53.4 Å². The lowest BCUT2D eigenvalue weighted by atomic mass is 10.3. The molecule has 0 aliphatic carbocycles. The van der Waals surface area contributed by atoms with E-state index in [1.54, 1.807) is 91.9 Å². The summed E-state index contributed by atoms with van der Waals surface area (Å²) in [6.07, 6.45) is -2.98. The highest BCUT2D eigenvalue weighted by atomic mass is 35.5. The summed E-state index contributed by atoms with van der Waals surface area (Å²) in [5, 5.41) is 16.0. The Morgan fingerprint density at radius 2 is 1.05 bits per heavy atom. The summed E-state index contributed by atoms with van der Waals surface area (Å²) in [5.41, 5.74) is -0.814. The highest BCUT2D eigenvalue weighted by molar-refractivity contribution is 6.61. The maximum absolute atomic E-state index is 11.5. The molecule has 0 heterocycles. The van der Waals surface area contributed by atoms with Crippen molar-refractivity contribution in [1.82, 2.24) is 0 Å². The largest absolute Gasteiger partial charge is 0.514 e. The molecule has 0 saturated carbocycles. The summed E-state index contributed by atoms with van der Waals surface area (Å²) in [7, 11) is 0. The van der Waals surface area contributed by atoms with E-state index in [-0.39, 0.29) is 28.1 Å². The van der Waals surface area contributed by atoms with E-state index in [2.05, 4.69) is 4.74 Å². The molecule has 3 rings (SSSR count). The third-order valence-electron chi connectivity index (χ3n) is 3.83. The second-order valence-electron chi connectivity index (χ2n) is 7.25. The zero-order chi connectivity index (χ0) is 28.2. The Hall–Kier alpha value is -4.12. The summed E-state index contributed by atoms with van der Waals surface area (Å²) in [6.45, 7) is 2.82. The number of para-hydroxylation sites is 3. The summed E-state index contributed by atoms with van der Waals surface area (Å²) in [5.74, 6) is 1.20. The van der Waals surface area contributed by atoms with Gasteiger partial charge in [0.2, 0.25) is 0 Å². The van der Waals surface area contributed by atoms with Gasteiger partial charge in [0, 0.05) is 11.6 Å². The quantitative estimate of drug-likeness (QED) is 0.173. The van der Waals surface area contributed by atoms with Crippen molar-refractivity contribution < 1.29 is 48.3 Å². The molecular formula is C29H37ClO10. The minimum absolute atomic E-state index is 0. The number of hydrogen-bond donors (Lipinski definition) is 2. The third-order valence-corrected chi connectivity index (χ3v) is 3.90. The van der Waals surface area contributed by atoms with Crippen LogP contribution in [0.2, 0.25) is 0 Å². The Labute approximate surface area is 240 Å². The molecule has 0 aliphatic heterocycles. The topological polar surface area (TPSA) is 138 Å². The van der Waals surface area contributed by atoms with Gasteiger partial charge in [-0.15, -0.1) is 0 Å². The lowest BCUT2D eigenvalue weighted by Gasteiger charge is -2.13. The predicted molar refractivity (Wildman–Crippen MR) is 152 cm³/mol. The van der Waals surface area contributed by atoms with E-state index in [0.717, 1.165) is 0 Å². The molecule has 0 fully saturated rings. The van der Waals surface area contributed by atoms with Crippen LogP contribution in [0.4, 0.5) is 14.4 Å². The molecule has 2 unspecified atom stereocenters. The molecule has 0 bridgehead atoms. The lowest BCUT2D eigenvalue weighted by molar-refractivity contribution is 0.0184. The number of carbonyl (C=O) groups excluding carboxylic acids is 3. The number of halogens is 1. The number of benzene rings is 3. The molecule has 220 valence electrons. The van der Waals surface area contributed by atoms with Crippen LogP contribution in [0.5, 0.6) is 17.2 Å². The Morgan fingerprint density at radius 1 is 0.700 bits per heavy atom. The Kier molecular flexibility index (Phi) is 21.7. The van der Waals surface area contributed by atoms with Crippen LogP contribution in [0.15, 0.2) is 91.0 Å². The molecule has 0 amide bonds. The molecule has 11 heteroatoms. The third kappa shape index (κ3) is 19.9. The van der Waals surface area contributed by atoms with Gasteiger partial charge < -0.3 is 33.9 Å². The Balaban J connectivity index is 0. The van der Waals surface area contributed by atoms with Gasteiger partial charge in [-0.1, -0.05) is 69.5 Å². The molecular weight excluding hydrogens is 544 g/mol. The SMILES string of the molecule is C.C.CC(COC(=O)Oc1ccccc1)OC(=O)Oc1ccccc1.CC(O)CO.O=C(Cl)Oc1ccccc1. The molecule has 3 aromatic rings. The van der Waals surface area contributed by atoms with Gasteiger partial charge in [-0.25, -0.2) is 14.4 Å². The molecule has 0 radical (unpaired) electrons. The van der Waals surface area contributed by atoms with Gasteiger partial charge in [0.25, 0.3) is 0 Å². The summed E-state index contributed by atoms with van der Waals surface area (Å²) < 4.78 is 24.3. The summed E-state index contributed by atoms with van der Waals surface area (Å²) >= 11 is 4.95. The number of hydrogen-bond acceptors (Lipinski definition) is 10. The van der Waals surface area contributed by atoms with E-state index in [4.69, 9.17) is 40.8 Å². The van der Waals surface area contributed by atoms with E-state index in [0.29, 0.717) is 17.2 Å². The van der Waals surface area contributed by atoms with Gasteiger partial charge in [0.15, 0.2) is 0 Å². The van der Waals surface area contributed by atoms with Crippen LogP contribution in [0.25, 0.3) is 0 Å². The number of ether oxygens (including phenoxy) is 5. The second kappa shape index (κ2) is 22.8. The smallest absolute Gasteiger partial charge is 0.430 e. The minimum Gasteiger partial charge on any atom is -0.430 e. The van der Waals surface area contributed by atoms with Crippen molar-refractivity contribution in [2.24, 2.45) is 0 Å². The maximum atomic E-state index is 11.5. The van der Waals surface area contributed by atoms with Crippen LogP contribution >= 0.6 is 11.6 Å². The Bertz CT molecular complexity index is 1060. The average Bonchev–Trinajstić information content (AvgIpc) is 2.89. The van der Waals surface area contributed by atoms with E-state index in [9.17, 15) is 14.4 Å². The average molecular weight is 581 g/mol. The fraction of sp³-hybridized carbons (Fsp3) is 0.276. The predicted octanol–water partition coefficient (Wildman–Crippen LogP) is 6.86. The fourth-order valence-electron chi connectivity index (χ4n) is 2.19. The van der Waals surface area contributed by atoms with Crippen LogP contribution in [0.1, 0.15) is 28.7 Å². The van der Waals surface area contributed by atoms with Crippen molar-refractivity contribution in [3.63, 3.8) is 0 Å². The van der Waals surface area contributed by atoms with Gasteiger partial charge in [-0.05, 0) is 50.2 Å². The molecule has 0 spiro atoms. The number of carbonyl (C=O) groups is 3. The first kappa shape index (κ1) is 38.0. The normalized spacial score (nSPS) is 10.5. The van der Waals surface area contributed by atoms with Crippen molar-refractivity contribution in [1.29, 1.82) is 0 Å². The van der Waals surface area contributed by atoms with Gasteiger partial charge >= 0.3 is 17.7 Å². The van der Waals surface area contributed by atoms with Gasteiger partial charge in [-0.3, -0.25) is 0 Å². The molecule has 0 aliphatic rings. The first-order chi connectivity index (χ1) is 18.2. The van der Waals surface area contributed by atoms with Crippen LogP contribution in [0, 0.1) is 0 Å². The Morgan fingerprint density at radius 3 is 1.40 bits per heavy atom. The number of aliphatic hydroxyl groups is 2. The summed E-state index contributed by atoms with van der Waals surface area (Å²) in [6, 6.07) is 25.7. The van der Waals surface area contributed by atoms with E-state index in [1.165, 1.54) is 6.92 Å². The molecule has 2 N–H and O–H groups in total. The van der Waals surface area contributed by atoms with Crippen LogP contribution in [0.3, 0.4) is 0 Å². The molecule has 2 atom stereocenters. The highest BCUT2D eigenvalue weighted by Crippen LogP contribution is 2.11. The maximum Gasteiger partial charge on any atom is 0.514 e. The molecule has 10 nitrogen and oxygen atoms in total. The minimum atomic E-state index is -0.872. The lowest BCUT2D eigenvalue weighted by Crippen LogP contribution is -2.25. The van der Waals surface area contributed by atoms with Crippen molar-refractivity contribution in [2.75, 3.05) is 13.2 Å². The van der Waals surface area contributed by atoms with Crippen LogP contribution < -0.4 is 14.2 Å². The van der Waals surface area contributed by atoms with Crippen molar-refractivity contribution in [2.45, 2.75) is 40.9 Å². The van der Waals surface area contributed by atoms with E-state index in [1.807, 2.05) is 6.07 Å². The first-order valence-electron chi connectivity index (χ1n) is 11.2. The standard InChI is InChI=1S/C17H16O6.C7H5ClO2.C3H8O2.2CH4/c1-13(21-17(19)23-15-10-6-3-7-11-15)12-20-16(18)22-14-8-4-2-5-9-14;8-7(9)10-6-4-2-1-3-5-6;1-3(5)2-4;;/h2-11,13H,12H2,1H3;1-5H;3-5H,2H2,1H3;2*1H4. The van der Waals surface area contributed by atoms with Crippen molar-refractivity contribution in [3.8, 4) is 17.2 Å². The monoisotopic (exact) mass is 580 g/mol. The number of rotatable bonds is 7. The highest BCUT2D eigenvalue weighted by Gasteiger charge is 2.15. The fourth-order valence-corrected chi connectivity index (χ4v) is 2.28. The summed E-state index contributed by atoms with van der Waals surface area (Å²) in [4.78, 5) is 33.2. The molecule has 0 aromatic heterocycles. The van der Waals surface area contributed by atoms with Gasteiger partial charge in [-0.2, -0.15) is 0 Å². The zero-order valence-corrected chi connectivity index (χ0v) is 21.5. The first-order valence-corrected chi connectivity index (χ1v) is 11.6. The molecule has 3 aromatic carbocycles. The zero-order valence-electron chi connectivity index (χ0n) is 20.8. The van der Waals surface area contributed by atoms with Crippen LogP contribution in [-0.2, 0) is 9.47 Å². The van der Waals surface area contributed by atoms with Crippen molar-refractivity contribution in [3.05, 3.63) is 91.0 Å². The number of aliphatic hydroxyl groups excluding tert-OH is 2. The van der Waals surface area contributed by atoms with E-state index >= 15 is 0 Å². The molecule has 0 saturated heterocycles. The second-order valence-corrected chi connectivity index (χ2v) is 7.56. The van der Waals surface area contributed by atoms with Gasteiger partial charge in [0.05, 0.1) is 12.7 Å². The van der Waals surface area contributed by atoms with Gasteiger partial charge in [0.1, 0.15) is 30.0 Å². The van der Waals surface area contributed by atoms with E-state index < -0.39 is 29.9 Å². The van der Waals surface area contributed by atoms with Crippen molar-refractivity contribution >= 4 is 29.3 Å².